The van der Waals surface area contributed by atoms with Crippen molar-refractivity contribution in [3.8, 4) is 5.75 Å². The van der Waals surface area contributed by atoms with Gasteiger partial charge in [-0.1, -0.05) is 31.5 Å². The van der Waals surface area contributed by atoms with Crippen LogP contribution >= 0.6 is 11.8 Å². The predicted octanol–water partition coefficient (Wildman–Crippen LogP) is 2.79. The van der Waals surface area contributed by atoms with E-state index in [0.717, 1.165) is 12.2 Å². The number of methoxy groups -OCH3 is 1. The van der Waals surface area contributed by atoms with Crippen LogP contribution in [-0.4, -0.2) is 45.5 Å². The van der Waals surface area contributed by atoms with E-state index >= 15 is 0 Å². The Labute approximate surface area is 181 Å². The minimum absolute atomic E-state index is 0.0144. The topological polar surface area (TPSA) is 98.1 Å². The van der Waals surface area contributed by atoms with Gasteiger partial charge in [0.05, 0.1) is 19.3 Å². The number of nitrogens with one attached hydrogen (secondary N) is 2. The van der Waals surface area contributed by atoms with Gasteiger partial charge in [0.25, 0.3) is 0 Å². The van der Waals surface area contributed by atoms with E-state index < -0.39 is 0 Å². The van der Waals surface area contributed by atoms with E-state index in [2.05, 4.69) is 27.8 Å². The second-order valence-electron chi connectivity index (χ2n) is 7.64. The van der Waals surface area contributed by atoms with Crippen LogP contribution in [0, 0.1) is 5.92 Å². The summed E-state index contributed by atoms with van der Waals surface area (Å²) in [5.74, 6) is 1.91. The van der Waals surface area contributed by atoms with Crippen LogP contribution in [0.1, 0.15) is 38.4 Å². The lowest BCUT2D eigenvalue weighted by Gasteiger charge is -2.29. The molecule has 8 nitrogen and oxygen atoms in total. The van der Waals surface area contributed by atoms with Gasteiger partial charge in [0.1, 0.15) is 11.6 Å². The maximum Gasteiger partial charge on any atom is 0.232 e. The lowest BCUT2D eigenvalue weighted by molar-refractivity contribution is -0.120. The van der Waals surface area contributed by atoms with E-state index in [-0.39, 0.29) is 30.0 Å². The Morgan fingerprint density at radius 2 is 1.90 bits per heavy atom. The minimum atomic E-state index is -0.184. The first-order valence-electron chi connectivity index (χ1n) is 10.2. The highest BCUT2D eigenvalue weighted by Gasteiger charge is 2.23. The molecule has 162 valence electrons. The van der Waals surface area contributed by atoms with Crippen LogP contribution in [0.5, 0.6) is 5.75 Å². The van der Waals surface area contributed by atoms with Crippen LogP contribution in [0.2, 0.25) is 0 Å². The number of amides is 2. The summed E-state index contributed by atoms with van der Waals surface area (Å²) in [7, 11) is 3.40. The van der Waals surface area contributed by atoms with Crippen molar-refractivity contribution in [3.05, 3.63) is 30.1 Å². The van der Waals surface area contributed by atoms with Gasteiger partial charge in [-0.3, -0.25) is 9.59 Å². The van der Waals surface area contributed by atoms with Crippen LogP contribution < -0.4 is 15.4 Å². The highest BCUT2D eigenvalue weighted by Crippen LogP contribution is 2.24. The Kier molecular flexibility index (Phi) is 7.73. The fourth-order valence-electron chi connectivity index (χ4n) is 3.56. The van der Waals surface area contributed by atoms with E-state index in [1.807, 2.05) is 0 Å². The van der Waals surface area contributed by atoms with Crippen molar-refractivity contribution in [1.82, 2.24) is 20.1 Å². The number of hydrogen-bond acceptors (Lipinski definition) is 6. The Morgan fingerprint density at radius 1 is 1.17 bits per heavy atom. The normalized spacial score (nSPS) is 18.6. The van der Waals surface area contributed by atoms with Gasteiger partial charge in [-0.05, 0) is 43.0 Å². The molecule has 1 fully saturated rings. The molecule has 2 atom stereocenters. The summed E-state index contributed by atoms with van der Waals surface area (Å²) in [6.45, 7) is 2.20. The summed E-state index contributed by atoms with van der Waals surface area (Å²) in [5, 5.41) is 14.8. The molecular weight excluding hydrogens is 402 g/mol. The lowest BCUT2D eigenvalue weighted by atomic mass is 9.86. The van der Waals surface area contributed by atoms with Crippen LogP contribution in [0.25, 0.3) is 0 Å². The molecular formula is C21H29N5O3S. The number of ether oxygens (including phenoxy) is 1. The number of rotatable bonds is 8. The molecule has 1 aliphatic carbocycles. The van der Waals surface area contributed by atoms with Gasteiger partial charge in [0.15, 0.2) is 5.16 Å². The molecule has 2 N–H and O–H groups in total. The van der Waals surface area contributed by atoms with E-state index in [1.54, 1.807) is 43.0 Å². The first kappa shape index (κ1) is 22.1. The minimum Gasteiger partial charge on any atom is -0.497 e. The molecule has 30 heavy (non-hydrogen) atoms. The summed E-state index contributed by atoms with van der Waals surface area (Å²) in [6.07, 6.45) is 4.74. The third-order valence-corrected chi connectivity index (χ3v) is 6.43. The number of thioether (sulfide) groups is 1. The average molecular weight is 432 g/mol. The molecule has 1 aliphatic rings. The van der Waals surface area contributed by atoms with E-state index in [9.17, 15) is 9.59 Å². The summed E-state index contributed by atoms with van der Waals surface area (Å²) in [4.78, 5) is 24.6. The van der Waals surface area contributed by atoms with Crippen molar-refractivity contribution < 1.29 is 14.3 Å². The number of carbonyl (C=O) groups excluding carboxylic acids is 2. The average Bonchev–Trinajstić information content (AvgIpc) is 3.08. The van der Waals surface area contributed by atoms with E-state index in [1.165, 1.54) is 31.0 Å². The predicted molar refractivity (Wildman–Crippen MR) is 117 cm³/mol. The second kappa shape index (κ2) is 10.5. The van der Waals surface area contributed by atoms with Gasteiger partial charge in [0, 0.05) is 18.8 Å². The fourth-order valence-corrected chi connectivity index (χ4v) is 4.30. The molecule has 1 aromatic carbocycles. The zero-order valence-corrected chi connectivity index (χ0v) is 18.5. The standard InChI is InChI=1S/C21H29N5O3S/c1-14-6-4-5-7-17(14)23-20(28)13-30-21-25-24-18(26(21)2)12-19(27)22-15-8-10-16(29-3)11-9-15/h8-11,14,17H,4-7,12-13H2,1-3H3,(H,22,27)(H,23,28)/t14-,17+/m1/s1. The lowest BCUT2D eigenvalue weighted by Crippen LogP contribution is -2.41. The van der Waals surface area contributed by atoms with Gasteiger partial charge in [-0.15, -0.1) is 10.2 Å². The number of carbonyl (C=O) groups is 2. The molecule has 0 unspecified atom stereocenters. The molecule has 0 radical (unpaired) electrons. The van der Waals surface area contributed by atoms with Crippen molar-refractivity contribution >= 4 is 29.3 Å². The number of hydrogen-bond donors (Lipinski definition) is 2. The molecule has 0 saturated heterocycles. The van der Waals surface area contributed by atoms with Crippen LogP contribution in [-0.2, 0) is 23.1 Å². The van der Waals surface area contributed by atoms with Crippen molar-refractivity contribution in [2.24, 2.45) is 13.0 Å². The molecule has 2 aromatic rings. The fraction of sp³-hybridized carbons (Fsp3) is 0.524. The number of nitrogens with zero attached hydrogens (tertiary/aromatic N) is 3. The number of aromatic nitrogens is 3. The monoisotopic (exact) mass is 431 g/mol. The molecule has 0 bridgehead atoms. The van der Waals surface area contributed by atoms with Crippen molar-refractivity contribution in [3.63, 3.8) is 0 Å². The van der Waals surface area contributed by atoms with Crippen molar-refractivity contribution in [2.75, 3.05) is 18.2 Å². The first-order chi connectivity index (χ1) is 14.5. The molecule has 1 aromatic heterocycles. The molecule has 2 amide bonds. The molecule has 1 heterocycles. The number of benzene rings is 1. The van der Waals surface area contributed by atoms with Gasteiger partial charge in [0.2, 0.25) is 11.8 Å². The van der Waals surface area contributed by atoms with Gasteiger partial charge in [-0.25, -0.2) is 0 Å². The van der Waals surface area contributed by atoms with Crippen LogP contribution in [0.3, 0.4) is 0 Å². The largest absolute Gasteiger partial charge is 0.497 e. The van der Waals surface area contributed by atoms with E-state index in [0.29, 0.717) is 22.6 Å². The highest BCUT2D eigenvalue weighted by molar-refractivity contribution is 7.99. The summed E-state index contributed by atoms with van der Waals surface area (Å²) in [5.41, 5.74) is 0.686. The maximum absolute atomic E-state index is 12.3. The number of anilines is 1. The van der Waals surface area contributed by atoms with Crippen LogP contribution in [0.4, 0.5) is 5.69 Å². The Balaban J connectivity index is 1.48. The quantitative estimate of drug-likeness (QED) is 0.624. The molecule has 3 rings (SSSR count). The molecule has 1 saturated carbocycles. The first-order valence-corrected chi connectivity index (χ1v) is 11.2. The second-order valence-corrected chi connectivity index (χ2v) is 8.58. The SMILES string of the molecule is COc1ccc(NC(=O)Cc2nnc(SCC(=O)N[C@H]3CCCC[C@H]3C)n2C)cc1. The molecule has 0 spiro atoms. The van der Waals surface area contributed by atoms with Gasteiger partial charge in [-0.2, -0.15) is 0 Å². The van der Waals surface area contributed by atoms with Gasteiger partial charge >= 0.3 is 0 Å². The third kappa shape index (κ3) is 5.98. The third-order valence-electron chi connectivity index (χ3n) is 5.41. The van der Waals surface area contributed by atoms with E-state index in [4.69, 9.17) is 4.74 Å². The summed E-state index contributed by atoms with van der Waals surface area (Å²) >= 11 is 1.33. The van der Waals surface area contributed by atoms with Crippen LogP contribution in [0.15, 0.2) is 29.4 Å². The van der Waals surface area contributed by atoms with Crippen molar-refractivity contribution in [1.29, 1.82) is 0 Å². The maximum atomic E-state index is 12.3. The van der Waals surface area contributed by atoms with Crippen molar-refractivity contribution in [2.45, 2.75) is 50.2 Å². The Morgan fingerprint density at radius 3 is 2.60 bits per heavy atom. The Bertz CT molecular complexity index is 868. The highest BCUT2D eigenvalue weighted by atomic mass is 32.2. The smallest absolute Gasteiger partial charge is 0.232 e. The summed E-state index contributed by atoms with van der Waals surface area (Å²) in [6, 6.07) is 7.39. The molecule has 0 aliphatic heterocycles. The molecule has 9 heteroatoms. The summed E-state index contributed by atoms with van der Waals surface area (Å²) < 4.78 is 6.87. The van der Waals surface area contributed by atoms with Gasteiger partial charge < -0.3 is 19.9 Å². The Hall–Kier alpha value is -2.55. The zero-order chi connectivity index (χ0) is 21.5. The zero-order valence-electron chi connectivity index (χ0n) is 17.7.